The summed E-state index contributed by atoms with van der Waals surface area (Å²) >= 11 is 0. The quantitative estimate of drug-likeness (QED) is 0.903. The molecule has 0 spiro atoms. The summed E-state index contributed by atoms with van der Waals surface area (Å²) in [6.07, 6.45) is -2.72. The summed E-state index contributed by atoms with van der Waals surface area (Å²) in [4.78, 5) is 0. The van der Waals surface area contributed by atoms with Crippen molar-refractivity contribution >= 4 is 10.8 Å². The number of halogens is 3. The van der Waals surface area contributed by atoms with E-state index in [4.69, 9.17) is 0 Å². The van der Waals surface area contributed by atoms with Crippen LogP contribution >= 0.6 is 0 Å². The van der Waals surface area contributed by atoms with Gasteiger partial charge in [0.05, 0.1) is 5.56 Å². The van der Waals surface area contributed by atoms with Crippen molar-refractivity contribution in [3.8, 4) is 0 Å². The van der Waals surface area contributed by atoms with Crippen molar-refractivity contribution in [3.05, 3.63) is 35.4 Å². The third-order valence-electron chi connectivity index (χ3n) is 2.73. The molecule has 2 nitrogen and oxygen atoms in total. The lowest BCUT2D eigenvalue weighted by molar-refractivity contribution is -0.137. The van der Waals surface area contributed by atoms with Crippen molar-refractivity contribution in [2.24, 2.45) is 0 Å². The van der Waals surface area contributed by atoms with Crippen LogP contribution in [0.25, 0.3) is 0 Å². The maximum absolute atomic E-state index is 12.6. The minimum atomic E-state index is -4.33. The molecule has 0 heterocycles. The van der Waals surface area contributed by atoms with Gasteiger partial charge < -0.3 is 5.32 Å². The molecule has 0 fully saturated rings. The lowest BCUT2D eigenvalue weighted by atomic mass is 10.0. The van der Waals surface area contributed by atoms with Crippen LogP contribution in [-0.2, 0) is 17.0 Å². The molecule has 0 radical (unpaired) electrons. The van der Waals surface area contributed by atoms with E-state index in [0.717, 1.165) is 12.1 Å². The maximum Gasteiger partial charge on any atom is 0.416 e. The van der Waals surface area contributed by atoms with Crippen LogP contribution in [0, 0.1) is 0 Å². The Morgan fingerprint density at radius 3 is 2.47 bits per heavy atom. The molecule has 0 aliphatic carbocycles. The second-order valence-corrected chi connectivity index (χ2v) is 6.13. The molecule has 0 aliphatic rings. The molecule has 108 valence electrons. The Bertz CT molecular complexity index is 448. The lowest BCUT2D eigenvalue weighted by Crippen LogP contribution is -2.33. The summed E-state index contributed by atoms with van der Waals surface area (Å²) in [6, 6.07) is 5.02. The fraction of sp³-hybridized carbons (Fsp3) is 0.538. The van der Waals surface area contributed by atoms with E-state index in [2.05, 4.69) is 5.32 Å². The second-order valence-electron chi connectivity index (χ2n) is 4.65. The summed E-state index contributed by atoms with van der Waals surface area (Å²) in [7, 11) is -0.929. The fourth-order valence-electron chi connectivity index (χ4n) is 1.91. The minimum Gasteiger partial charge on any atom is -0.307 e. The van der Waals surface area contributed by atoms with Gasteiger partial charge >= 0.3 is 6.18 Å². The van der Waals surface area contributed by atoms with E-state index in [1.807, 2.05) is 6.92 Å². The van der Waals surface area contributed by atoms with Gasteiger partial charge in [-0.2, -0.15) is 13.2 Å². The van der Waals surface area contributed by atoms with E-state index in [1.54, 1.807) is 19.2 Å². The number of hydrogen-bond donors (Lipinski definition) is 1. The SMILES string of the molecule is CC(CS(C)=O)NC(C)c1cccc(C(F)(F)F)c1. The predicted octanol–water partition coefficient (Wildman–Crippen LogP) is 3.12. The fourth-order valence-corrected chi connectivity index (χ4v) is 2.71. The molecule has 1 N–H and O–H groups in total. The Hall–Kier alpha value is -0.880. The Balaban J connectivity index is 2.77. The summed E-state index contributed by atoms with van der Waals surface area (Å²) in [5, 5.41) is 3.15. The molecule has 1 aromatic rings. The topological polar surface area (TPSA) is 29.1 Å². The Labute approximate surface area is 113 Å². The van der Waals surface area contributed by atoms with Crippen LogP contribution in [0.1, 0.15) is 31.0 Å². The van der Waals surface area contributed by atoms with Gasteiger partial charge in [-0.05, 0) is 31.5 Å². The summed E-state index contributed by atoms with van der Waals surface area (Å²) in [5.41, 5.74) is -0.0751. The van der Waals surface area contributed by atoms with E-state index in [-0.39, 0.29) is 12.1 Å². The summed E-state index contributed by atoms with van der Waals surface area (Å²) in [5.74, 6) is 0.475. The molecule has 3 unspecified atom stereocenters. The van der Waals surface area contributed by atoms with Crippen molar-refractivity contribution in [1.29, 1.82) is 0 Å². The molecule has 0 amide bonds. The number of alkyl halides is 3. The van der Waals surface area contributed by atoms with Crippen LogP contribution < -0.4 is 5.32 Å². The number of nitrogens with one attached hydrogen (secondary N) is 1. The van der Waals surface area contributed by atoms with Crippen LogP contribution in [0.2, 0.25) is 0 Å². The van der Waals surface area contributed by atoms with Gasteiger partial charge in [-0.3, -0.25) is 4.21 Å². The molecule has 6 heteroatoms. The van der Waals surface area contributed by atoms with Gasteiger partial charge in [-0.1, -0.05) is 12.1 Å². The number of benzene rings is 1. The van der Waals surface area contributed by atoms with Gasteiger partial charge in [0.25, 0.3) is 0 Å². The van der Waals surface area contributed by atoms with Gasteiger partial charge in [0.15, 0.2) is 0 Å². The van der Waals surface area contributed by atoms with Crippen molar-refractivity contribution in [1.82, 2.24) is 5.32 Å². The third kappa shape index (κ3) is 5.32. The molecular weight excluding hydrogens is 275 g/mol. The molecule has 0 saturated carbocycles. The predicted molar refractivity (Wildman–Crippen MR) is 71.4 cm³/mol. The third-order valence-corrected chi connectivity index (χ3v) is 3.70. The molecule has 19 heavy (non-hydrogen) atoms. The van der Waals surface area contributed by atoms with Crippen molar-refractivity contribution in [2.75, 3.05) is 12.0 Å². The molecule has 1 rings (SSSR count). The molecule has 3 atom stereocenters. The van der Waals surface area contributed by atoms with Crippen LogP contribution in [0.3, 0.4) is 0 Å². The second kappa shape index (κ2) is 6.52. The Morgan fingerprint density at radius 2 is 1.95 bits per heavy atom. The number of rotatable bonds is 5. The Kier molecular flexibility index (Phi) is 5.55. The first kappa shape index (κ1) is 16.2. The lowest BCUT2D eigenvalue weighted by Gasteiger charge is -2.20. The van der Waals surface area contributed by atoms with Gasteiger partial charge in [-0.15, -0.1) is 0 Å². The van der Waals surface area contributed by atoms with Crippen LogP contribution in [0.4, 0.5) is 13.2 Å². The van der Waals surface area contributed by atoms with E-state index in [1.165, 1.54) is 6.07 Å². The highest BCUT2D eigenvalue weighted by molar-refractivity contribution is 7.84. The standard InChI is InChI=1S/C13H18F3NOS/c1-9(8-19(3)18)17-10(2)11-5-4-6-12(7-11)13(14,15)16/h4-7,9-10,17H,8H2,1-3H3. The average Bonchev–Trinajstić information content (AvgIpc) is 2.26. The highest BCUT2D eigenvalue weighted by atomic mass is 32.2. The maximum atomic E-state index is 12.6. The molecule has 1 aromatic carbocycles. The molecule has 0 saturated heterocycles. The molecule has 0 aliphatic heterocycles. The van der Waals surface area contributed by atoms with Gasteiger partial charge in [0.1, 0.15) is 0 Å². The van der Waals surface area contributed by atoms with E-state index < -0.39 is 22.5 Å². The summed E-state index contributed by atoms with van der Waals surface area (Å²) < 4.78 is 48.9. The first-order chi connectivity index (χ1) is 8.70. The molecule has 0 bridgehead atoms. The van der Waals surface area contributed by atoms with Crippen LogP contribution in [-0.4, -0.2) is 22.3 Å². The van der Waals surface area contributed by atoms with Crippen molar-refractivity contribution in [3.63, 3.8) is 0 Å². The number of hydrogen-bond acceptors (Lipinski definition) is 2. The normalized spacial score (nSPS) is 16.9. The average molecular weight is 293 g/mol. The molecule has 0 aromatic heterocycles. The smallest absolute Gasteiger partial charge is 0.307 e. The van der Waals surface area contributed by atoms with Gasteiger partial charge in [0.2, 0.25) is 0 Å². The van der Waals surface area contributed by atoms with Crippen LogP contribution in [0.5, 0.6) is 0 Å². The van der Waals surface area contributed by atoms with E-state index >= 15 is 0 Å². The minimum absolute atomic E-state index is 0.0182. The largest absolute Gasteiger partial charge is 0.416 e. The zero-order valence-electron chi connectivity index (χ0n) is 11.1. The van der Waals surface area contributed by atoms with Crippen molar-refractivity contribution < 1.29 is 17.4 Å². The highest BCUT2D eigenvalue weighted by Gasteiger charge is 2.30. The molecular formula is C13H18F3NOS. The highest BCUT2D eigenvalue weighted by Crippen LogP contribution is 2.30. The zero-order valence-corrected chi connectivity index (χ0v) is 11.9. The van der Waals surface area contributed by atoms with Gasteiger partial charge in [-0.25, -0.2) is 0 Å². The van der Waals surface area contributed by atoms with Crippen molar-refractivity contribution in [2.45, 2.75) is 32.1 Å². The first-order valence-corrected chi connectivity index (χ1v) is 7.66. The summed E-state index contributed by atoms with van der Waals surface area (Å²) in [6.45, 7) is 3.66. The monoisotopic (exact) mass is 293 g/mol. The van der Waals surface area contributed by atoms with E-state index in [9.17, 15) is 17.4 Å². The van der Waals surface area contributed by atoms with E-state index in [0.29, 0.717) is 11.3 Å². The van der Waals surface area contributed by atoms with Gasteiger partial charge in [0, 0.05) is 34.9 Å². The zero-order chi connectivity index (χ0) is 14.6. The Morgan fingerprint density at radius 1 is 1.32 bits per heavy atom. The van der Waals surface area contributed by atoms with Crippen LogP contribution in [0.15, 0.2) is 24.3 Å². The first-order valence-electron chi connectivity index (χ1n) is 5.93.